The quantitative estimate of drug-likeness (QED) is 0.694. The fourth-order valence-electron chi connectivity index (χ4n) is 4.72. The molecule has 0 aromatic heterocycles. The highest BCUT2D eigenvalue weighted by Crippen LogP contribution is 2.40. The van der Waals surface area contributed by atoms with Crippen molar-refractivity contribution in [1.29, 1.82) is 0 Å². The minimum absolute atomic E-state index is 0.0389. The largest absolute Gasteiger partial charge is 0.497 e. The van der Waals surface area contributed by atoms with E-state index in [0.29, 0.717) is 30.8 Å². The van der Waals surface area contributed by atoms with Gasteiger partial charge in [0.25, 0.3) is 5.91 Å². The van der Waals surface area contributed by atoms with Crippen molar-refractivity contribution in [2.24, 2.45) is 5.92 Å². The first-order valence-corrected chi connectivity index (χ1v) is 12.5. The lowest BCUT2D eigenvalue weighted by Gasteiger charge is -2.47. The molecule has 1 amide bonds. The number of likely N-dealkylation sites (tertiary alicyclic amines) is 1. The lowest BCUT2D eigenvalue weighted by atomic mass is 9.71. The molecular weight excluding hydrogens is 428 g/mol. The zero-order valence-corrected chi connectivity index (χ0v) is 19.1. The molecule has 2 fully saturated rings. The van der Waals surface area contributed by atoms with Gasteiger partial charge in [0.2, 0.25) is 10.0 Å². The van der Waals surface area contributed by atoms with Gasteiger partial charge in [-0.05, 0) is 61.2 Å². The first-order valence-electron chi connectivity index (χ1n) is 11.0. The molecule has 2 unspecified atom stereocenters. The number of benzene rings is 2. The zero-order chi connectivity index (χ0) is 22.8. The summed E-state index contributed by atoms with van der Waals surface area (Å²) in [4.78, 5) is 15.0. The normalized spacial score (nSPS) is 23.4. The maximum absolute atomic E-state index is 13.0. The van der Waals surface area contributed by atoms with E-state index >= 15 is 0 Å². The number of carbonyl (C=O) groups is 1. The van der Waals surface area contributed by atoms with Crippen LogP contribution in [0.3, 0.4) is 0 Å². The van der Waals surface area contributed by atoms with Crippen molar-refractivity contribution < 1.29 is 23.1 Å². The Kier molecular flexibility index (Phi) is 6.55. The van der Waals surface area contributed by atoms with Crippen molar-refractivity contribution >= 4 is 15.9 Å². The number of fused-ring (bicyclic) bond motifs is 1. The van der Waals surface area contributed by atoms with Crippen LogP contribution in [-0.2, 0) is 16.6 Å². The van der Waals surface area contributed by atoms with Crippen molar-refractivity contribution in [3.05, 3.63) is 59.7 Å². The summed E-state index contributed by atoms with van der Waals surface area (Å²) in [5, 5.41) is 10.8. The minimum Gasteiger partial charge on any atom is -0.497 e. The third kappa shape index (κ3) is 4.82. The smallest absolute Gasteiger partial charge is 0.253 e. The number of hydrogen-bond donors (Lipinski definition) is 2. The van der Waals surface area contributed by atoms with Gasteiger partial charge in [-0.2, -0.15) is 0 Å². The molecular formula is C24H30N2O5S. The lowest BCUT2D eigenvalue weighted by Crippen LogP contribution is -2.54. The highest BCUT2D eigenvalue weighted by atomic mass is 32.2. The van der Waals surface area contributed by atoms with Crippen LogP contribution in [0.5, 0.6) is 5.75 Å². The van der Waals surface area contributed by atoms with E-state index in [1.54, 1.807) is 36.4 Å². The van der Waals surface area contributed by atoms with Gasteiger partial charge in [0.1, 0.15) is 5.75 Å². The van der Waals surface area contributed by atoms with E-state index in [0.717, 1.165) is 31.2 Å². The first-order chi connectivity index (χ1) is 15.3. The zero-order valence-electron chi connectivity index (χ0n) is 18.3. The fourth-order valence-corrected chi connectivity index (χ4v) is 5.74. The summed E-state index contributed by atoms with van der Waals surface area (Å²) in [6, 6.07) is 13.2. The van der Waals surface area contributed by atoms with E-state index in [1.165, 1.54) is 19.2 Å². The summed E-state index contributed by atoms with van der Waals surface area (Å²) in [5.41, 5.74) is 0.729. The van der Waals surface area contributed by atoms with Crippen molar-refractivity contribution in [1.82, 2.24) is 9.62 Å². The van der Waals surface area contributed by atoms with Gasteiger partial charge in [-0.25, -0.2) is 13.1 Å². The number of aliphatic hydroxyl groups is 1. The highest BCUT2D eigenvalue weighted by Gasteiger charge is 2.43. The Bertz CT molecular complexity index is 1050. The number of hydrogen-bond acceptors (Lipinski definition) is 5. The number of piperidine rings is 1. The third-order valence-corrected chi connectivity index (χ3v) is 8.17. The molecule has 1 heterocycles. The molecule has 7 nitrogen and oxygen atoms in total. The SMILES string of the molecule is COc1ccc(S(=O)(=O)NCc2ccc(C(=O)N3CCC4(O)CCCCC4C3)cc2)cc1. The molecule has 4 rings (SSSR count). The van der Waals surface area contributed by atoms with E-state index in [-0.39, 0.29) is 23.3 Å². The monoisotopic (exact) mass is 458 g/mol. The molecule has 0 bridgehead atoms. The maximum Gasteiger partial charge on any atom is 0.253 e. The second-order valence-corrected chi connectivity index (χ2v) is 10.5. The van der Waals surface area contributed by atoms with Crippen LogP contribution in [0.25, 0.3) is 0 Å². The Morgan fingerprint density at radius 2 is 1.84 bits per heavy atom. The van der Waals surface area contributed by atoms with Crippen molar-refractivity contribution in [2.75, 3.05) is 20.2 Å². The van der Waals surface area contributed by atoms with Gasteiger partial charge in [-0.3, -0.25) is 4.79 Å². The van der Waals surface area contributed by atoms with Crippen molar-refractivity contribution in [3.8, 4) is 5.75 Å². The Balaban J connectivity index is 1.36. The van der Waals surface area contributed by atoms with Crippen LogP contribution >= 0.6 is 0 Å². The van der Waals surface area contributed by atoms with Gasteiger partial charge in [-0.1, -0.05) is 25.0 Å². The van der Waals surface area contributed by atoms with E-state index in [9.17, 15) is 18.3 Å². The number of amides is 1. The first kappa shape index (κ1) is 22.8. The Morgan fingerprint density at radius 1 is 1.12 bits per heavy atom. The van der Waals surface area contributed by atoms with E-state index in [1.807, 2.05) is 4.90 Å². The topological polar surface area (TPSA) is 95.9 Å². The fraction of sp³-hybridized carbons (Fsp3) is 0.458. The number of rotatable bonds is 6. The molecule has 1 saturated heterocycles. The predicted molar refractivity (Wildman–Crippen MR) is 121 cm³/mol. The number of methoxy groups -OCH3 is 1. The molecule has 2 aliphatic rings. The Hall–Kier alpha value is -2.42. The molecule has 8 heteroatoms. The lowest BCUT2D eigenvalue weighted by molar-refractivity contribution is -0.0886. The molecule has 2 aromatic carbocycles. The molecule has 172 valence electrons. The van der Waals surface area contributed by atoms with Crippen molar-refractivity contribution in [2.45, 2.75) is 49.1 Å². The molecule has 1 aliphatic carbocycles. The number of nitrogens with one attached hydrogen (secondary N) is 1. The summed E-state index contributed by atoms with van der Waals surface area (Å²) in [5.74, 6) is 0.703. The summed E-state index contributed by atoms with van der Waals surface area (Å²) in [7, 11) is -2.12. The Morgan fingerprint density at radius 3 is 2.53 bits per heavy atom. The van der Waals surface area contributed by atoms with Gasteiger partial charge < -0.3 is 14.7 Å². The summed E-state index contributed by atoms with van der Waals surface area (Å²) >= 11 is 0. The van der Waals surface area contributed by atoms with Crippen LogP contribution in [0.4, 0.5) is 0 Å². The Labute approximate surface area is 189 Å². The molecule has 1 saturated carbocycles. The molecule has 0 radical (unpaired) electrons. The molecule has 2 N–H and O–H groups in total. The highest BCUT2D eigenvalue weighted by molar-refractivity contribution is 7.89. The summed E-state index contributed by atoms with van der Waals surface area (Å²) in [6.07, 6.45) is 4.60. The van der Waals surface area contributed by atoms with Crippen LogP contribution in [-0.4, -0.2) is 50.1 Å². The van der Waals surface area contributed by atoms with Crippen LogP contribution in [0.1, 0.15) is 48.0 Å². The van der Waals surface area contributed by atoms with Gasteiger partial charge in [0, 0.05) is 31.1 Å². The number of ether oxygens (including phenoxy) is 1. The standard InChI is InChI=1S/C24H30N2O5S/c1-31-21-9-11-22(12-10-21)32(29,30)25-16-18-5-7-19(8-6-18)23(27)26-15-14-24(28)13-3-2-4-20(24)17-26/h5-12,20,25,28H,2-4,13-17H2,1H3. The van der Waals surface area contributed by atoms with Crippen LogP contribution in [0, 0.1) is 5.92 Å². The second kappa shape index (κ2) is 9.21. The minimum atomic E-state index is -3.65. The van der Waals surface area contributed by atoms with E-state index in [4.69, 9.17) is 4.74 Å². The molecule has 2 aromatic rings. The molecule has 2 atom stereocenters. The van der Waals surface area contributed by atoms with E-state index in [2.05, 4.69) is 4.72 Å². The molecule has 1 aliphatic heterocycles. The average Bonchev–Trinajstić information content (AvgIpc) is 2.82. The number of carbonyl (C=O) groups excluding carboxylic acids is 1. The third-order valence-electron chi connectivity index (χ3n) is 6.75. The maximum atomic E-state index is 13.0. The molecule has 0 spiro atoms. The van der Waals surface area contributed by atoms with Crippen LogP contribution in [0.2, 0.25) is 0 Å². The summed E-state index contributed by atoms with van der Waals surface area (Å²) in [6.45, 7) is 1.29. The van der Waals surface area contributed by atoms with Gasteiger partial charge >= 0.3 is 0 Å². The van der Waals surface area contributed by atoms with Crippen LogP contribution in [0.15, 0.2) is 53.4 Å². The second-order valence-electron chi connectivity index (χ2n) is 8.74. The van der Waals surface area contributed by atoms with Gasteiger partial charge in [0.05, 0.1) is 17.6 Å². The average molecular weight is 459 g/mol. The van der Waals surface area contributed by atoms with Gasteiger partial charge in [-0.15, -0.1) is 0 Å². The summed E-state index contributed by atoms with van der Waals surface area (Å²) < 4.78 is 32.6. The predicted octanol–water partition coefficient (Wildman–Crippen LogP) is 2.94. The van der Waals surface area contributed by atoms with E-state index < -0.39 is 15.6 Å². The van der Waals surface area contributed by atoms with Crippen molar-refractivity contribution in [3.63, 3.8) is 0 Å². The number of nitrogens with zero attached hydrogens (tertiary/aromatic N) is 1. The molecule has 32 heavy (non-hydrogen) atoms. The number of sulfonamides is 1. The van der Waals surface area contributed by atoms with Crippen LogP contribution < -0.4 is 9.46 Å². The van der Waals surface area contributed by atoms with Gasteiger partial charge in [0.15, 0.2) is 0 Å².